The number of rotatable bonds is 4. The standard InChI is InChI=1S/C11H16N4O4S2/c1-8-7-20-5-4-14(8)21(18,19)11-3-2-9(13-12)6-10(11)15(16)17/h2-3,6,8,13H,4-5,7,12H2,1H3. The summed E-state index contributed by atoms with van der Waals surface area (Å²) in [5.41, 5.74) is 2.08. The lowest BCUT2D eigenvalue weighted by atomic mass is 10.3. The van der Waals surface area contributed by atoms with Gasteiger partial charge in [0.2, 0.25) is 10.0 Å². The second-order valence-corrected chi connectivity index (χ2v) is 7.63. The fourth-order valence-corrected chi connectivity index (χ4v) is 5.16. The van der Waals surface area contributed by atoms with Crippen molar-refractivity contribution in [2.24, 2.45) is 5.84 Å². The summed E-state index contributed by atoms with van der Waals surface area (Å²) < 4.78 is 26.7. The third-order valence-electron chi connectivity index (χ3n) is 3.22. The smallest absolute Gasteiger partial charge is 0.291 e. The number of nitro benzene ring substituents is 1. The number of nitrogen functional groups attached to an aromatic ring is 1. The predicted octanol–water partition coefficient (Wildman–Crippen LogP) is 1.01. The number of hydrazine groups is 1. The molecular weight excluding hydrogens is 316 g/mol. The number of thioether (sulfide) groups is 1. The minimum Gasteiger partial charge on any atom is -0.324 e. The van der Waals surface area contributed by atoms with Gasteiger partial charge in [-0.3, -0.25) is 16.0 Å². The lowest BCUT2D eigenvalue weighted by molar-refractivity contribution is -0.387. The number of nitro groups is 1. The Kier molecular flexibility index (Phi) is 4.71. The highest BCUT2D eigenvalue weighted by Gasteiger charge is 2.35. The summed E-state index contributed by atoms with van der Waals surface area (Å²) in [6.07, 6.45) is 0. The highest BCUT2D eigenvalue weighted by Crippen LogP contribution is 2.32. The summed E-state index contributed by atoms with van der Waals surface area (Å²) in [5.74, 6) is 6.56. The Balaban J connectivity index is 2.51. The van der Waals surface area contributed by atoms with Gasteiger partial charge in [-0.05, 0) is 19.1 Å². The topological polar surface area (TPSA) is 119 Å². The molecule has 1 unspecified atom stereocenters. The molecule has 2 rings (SSSR count). The van der Waals surface area contributed by atoms with Gasteiger partial charge in [-0.2, -0.15) is 16.1 Å². The van der Waals surface area contributed by atoms with E-state index in [-0.39, 0.29) is 16.6 Å². The van der Waals surface area contributed by atoms with Crippen molar-refractivity contribution < 1.29 is 13.3 Å². The molecule has 116 valence electrons. The number of anilines is 1. The van der Waals surface area contributed by atoms with Gasteiger partial charge in [0, 0.05) is 30.2 Å². The number of sulfonamides is 1. The van der Waals surface area contributed by atoms with Gasteiger partial charge in [-0.15, -0.1) is 0 Å². The Hall–Kier alpha value is -1.36. The molecule has 0 radical (unpaired) electrons. The third-order valence-corrected chi connectivity index (χ3v) is 6.47. The zero-order chi connectivity index (χ0) is 15.6. The van der Waals surface area contributed by atoms with Crippen molar-refractivity contribution >= 4 is 33.2 Å². The molecule has 8 nitrogen and oxygen atoms in total. The summed E-state index contributed by atoms with van der Waals surface area (Å²) in [5, 5.41) is 11.2. The van der Waals surface area contributed by atoms with E-state index in [1.165, 1.54) is 16.4 Å². The maximum Gasteiger partial charge on any atom is 0.291 e. The maximum atomic E-state index is 12.7. The molecule has 1 atom stereocenters. The van der Waals surface area contributed by atoms with E-state index < -0.39 is 20.6 Å². The van der Waals surface area contributed by atoms with Crippen molar-refractivity contribution in [3.8, 4) is 0 Å². The SMILES string of the molecule is CC1CSCCN1S(=O)(=O)c1ccc(NN)cc1[N+](=O)[O-]. The number of hydrogen-bond acceptors (Lipinski definition) is 7. The van der Waals surface area contributed by atoms with E-state index in [4.69, 9.17) is 5.84 Å². The monoisotopic (exact) mass is 332 g/mol. The second kappa shape index (κ2) is 6.18. The van der Waals surface area contributed by atoms with Crippen LogP contribution in [0.15, 0.2) is 23.1 Å². The van der Waals surface area contributed by atoms with Gasteiger partial charge in [-0.25, -0.2) is 8.42 Å². The summed E-state index contributed by atoms with van der Waals surface area (Å²) in [6, 6.07) is 3.55. The van der Waals surface area contributed by atoms with Gasteiger partial charge in [0.25, 0.3) is 5.69 Å². The molecule has 1 aromatic rings. The highest BCUT2D eigenvalue weighted by molar-refractivity contribution is 7.99. The summed E-state index contributed by atoms with van der Waals surface area (Å²) >= 11 is 1.67. The first-order valence-corrected chi connectivity index (χ1v) is 8.82. The highest BCUT2D eigenvalue weighted by atomic mass is 32.2. The molecule has 0 amide bonds. The second-order valence-electron chi connectivity index (χ2n) is 4.62. The molecule has 10 heteroatoms. The molecule has 1 aliphatic heterocycles. The number of hydrogen-bond donors (Lipinski definition) is 2. The third kappa shape index (κ3) is 3.12. The minimum absolute atomic E-state index is 0.194. The fraction of sp³-hybridized carbons (Fsp3) is 0.455. The van der Waals surface area contributed by atoms with Crippen molar-refractivity contribution in [3.05, 3.63) is 28.3 Å². The van der Waals surface area contributed by atoms with Gasteiger partial charge >= 0.3 is 0 Å². The molecule has 1 aliphatic rings. The normalized spacial score (nSPS) is 20.2. The minimum atomic E-state index is -3.90. The van der Waals surface area contributed by atoms with E-state index in [0.717, 1.165) is 6.07 Å². The first kappa shape index (κ1) is 16.0. The molecule has 0 spiro atoms. The zero-order valence-corrected chi connectivity index (χ0v) is 13.0. The Morgan fingerprint density at radius 3 is 2.81 bits per heavy atom. The van der Waals surface area contributed by atoms with Gasteiger partial charge < -0.3 is 5.43 Å². The molecule has 3 N–H and O–H groups in total. The van der Waals surface area contributed by atoms with Crippen LogP contribution in [0.2, 0.25) is 0 Å². The number of benzene rings is 1. The van der Waals surface area contributed by atoms with Crippen molar-refractivity contribution in [3.63, 3.8) is 0 Å². The van der Waals surface area contributed by atoms with E-state index >= 15 is 0 Å². The maximum absolute atomic E-state index is 12.7. The molecule has 1 aromatic carbocycles. The van der Waals surface area contributed by atoms with Crippen LogP contribution in [-0.4, -0.2) is 41.7 Å². The molecule has 1 saturated heterocycles. The van der Waals surface area contributed by atoms with Gasteiger partial charge in [0.15, 0.2) is 4.90 Å². The van der Waals surface area contributed by atoms with Crippen LogP contribution in [-0.2, 0) is 10.0 Å². The van der Waals surface area contributed by atoms with E-state index in [2.05, 4.69) is 5.43 Å². The summed E-state index contributed by atoms with van der Waals surface area (Å²) in [6.45, 7) is 2.15. The molecular formula is C11H16N4O4S2. The lowest BCUT2D eigenvalue weighted by Gasteiger charge is -2.31. The van der Waals surface area contributed by atoms with Crippen LogP contribution in [0.25, 0.3) is 0 Å². The average Bonchev–Trinajstić information content (AvgIpc) is 2.46. The molecule has 0 saturated carbocycles. The lowest BCUT2D eigenvalue weighted by Crippen LogP contribution is -2.44. The van der Waals surface area contributed by atoms with Crippen LogP contribution >= 0.6 is 11.8 Å². The van der Waals surface area contributed by atoms with E-state index in [0.29, 0.717) is 18.1 Å². The molecule has 0 aliphatic carbocycles. The Morgan fingerprint density at radius 2 is 2.24 bits per heavy atom. The quantitative estimate of drug-likeness (QED) is 0.480. The fourth-order valence-electron chi connectivity index (χ4n) is 2.16. The van der Waals surface area contributed by atoms with Crippen LogP contribution in [0.4, 0.5) is 11.4 Å². The number of nitrogens with two attached hydrogens (primary N) is 1. The summed E-state index contributed by atoms with van der Waals surface area (Å²) in [7, 11) is -3.90. The van der Waals surface area contributed by atoms with Crippen LogP contribution in [0.5, 0.6) is 0 Å². The Labute approximate surface area is 126 Å². The van der Waals surface area contributed by atoms with Crippen molar-refractivity contribution in [1.29, 1.82) is 0 Å². The zero-order valence-electron chi connectivity index (χ0n) is 11.4. The Bertz CT molecular complexity index is 650. The molecule has 21 heavy (non-hydrogen) atoms. The molecule has 1 fully saturated rings. The predicted molar refractivity (Wildman–Crippen MR) is 81.6 cm³/mol. The number of nitrogens with one attached hydrogen (secondary N) is 1. The average molecular weight is 332 g/mol. The van der Waals surface area contributed by atoms with Crippen molar-refractivity contribution in [2.75, 3.05) is 23.5 Å². The van der Waals surface area contributed by atoms with Crippen LogP contribution < -0.4 is 11.3 Å². The molecule has 0 aromatic heterocycles. The van der Waals surface area contributed by atoms with E-state index in [1.54, 1.807) is 18.7 Å². The van der Waals surface area contributed by atoms with Gasteiger partial charge in [0.05, 0.1) is 10.6 Å². The van der Waals surface area contributed by atoms with Crippen LogP contribution in [0.1, 0.15) is 6.92 Å². The van der Waals surface area contributed by atoms with Gasteiger partial charge in [0.1, 0.15) is 0 Å². The first-order valence-electron chi connectivity index (χ1n) is 6.22. The summed E-state index contributed by atoms with van der Waals surface area (Å²) in [4.78, 5) is 10.1. The van der Waals surface area contributed by atoms with Crippen LogP contribution in [0, 0.1) is 10.1 Å². The van der Waals surface area contributed by atoms with Crippen molar-refractivity contribution in [2.45, 2.75) is 17.9 Å². The Morgan fingerprint density at radius 1 is 1.52 bits per heavy atom. The van der Waals surface area contributed by atoms with E-state index in [1.807, 2.05) is 0 Å². The van der Waals surface area contributed by atoms with Crippen LogP contribution in [0.3, 0.4) is 0 Å². The van der Waals surface area contributed by atoms with Gasteiger partial charge in [-0.1, -0.05) is 0 Å². The number of nitrogens with zero attached hydrogens (tertiary/aromatic N) is 2. The molecule has 0 bridgehead atoms. The largest absolute Gasteiger partial charge is 0.324 e. The van der Waals surface area contributed by atoms with Crippen molar-refractivity contribution in [1.82, 2.24) is 4.31 Å². The molecule has 1 heterocycles. The van der Waals surface area contributed by atoms with E-state index in [9.17, 15) is 18.5 Å². The first-order chi connectivity index (χ1) is 9.87.